The van der Waals surface area contributed by atoms with Crippen molar-refractivity contribution in [3.8, 4) is 0 Å². The van der Waals surface area contributed by atoms with Gasteiger partial charge in [0.2, 0.25) is 5.91 Å². The van der Waals surface area contributed by atoms with Gasteiger partial charge >= 0.3 is 0 Å². The van der Waals surface area contributed by atoms with E-state index in [2.05, 4.69) is 5.32 Å². The van der Waals surface area contributed by atoms with Crippen molar-refractivity contribution in [3.05, 3.63) is 11.8 Å². The Morgan fingerprint density at radius 1 is 1.45 bits per heavy atom. The van der Waals surface area contributed by atoms with E-state index < -0.39 is 48.7 Å². The predicted octanol–water partition coefficient (Wildman–Crippen LogP) is -3.80. The summed E-state index contributed by atoms with van der Waals surface area (Å²) in [4.78, 5) is 22.7. The number of hydrogen-bond donors (Lipinski definition) is 5. The number of amides is 1. The fraction of sp³-hybridized carbons (Fsp3) is 0.692. The number of aliphatic carboxylic acids is 1. The number of nitrogens with two attached hydrogens (primary N) is 1. The Morgan fingerprint density at radius 3 is 2.50 bits per heavy atom. The number of carboxylic acids is 1. The third kappa shape index (κ3) is 4.17. The molecule has 0 aromatic rings. The van der Waals surface area contributed by atoms with Crippen LogP contribution in [-0.4, -0.2) is 64.2 Å². The van der Waals surface area contributed by atoms with Crippen LogP contribution in [-0.2, 0) is 14.3 Å². The van der Waals surface area contributed by atoms with E-state index in [1.807, 2.05) is 0 Å². The monoisotopic (exact) mass is 317 g/mol. The minimum absolute atomic E-state index is 0.376. The fourth-order valence-corrected chi connectivity index (χ4v) is 1.99. The highest BCUT2D eigenvalue weighted by molar-refractivity contribution is 5.83. The number of carbonyl (C=O) groups is 2. The summed E-state index contributed by atoms with van der Waals surface area (Å²) in [7, 11) is 0. The Labute approximate surface area is 127 Å². The summed E-state index contributed by atoms with van der Waals surface area (Å²) in [6, 6.07) is -1.95. The van der Waals surface area contributed by atoms with Crippen molar-refractivity contribution in [2.45, 2.75) is 44.2 Å². The van der Waals surface area contributed by atoms with Crippen LogP contribution < -0.4 is 16.2 Å². The molecular weight excluding hydrogens is 296 g/mol. The first-order valence-electron chi connectivity index (χ1n) is 6.81. The minimum Gasteiger partial charge on any atom is -0.542 e. The molecule has 6 N–H and O–H groups in total. The van der Waals surface area contributed by atoms with Crippen molar-refractivity contribution >= 4 is 11.9 Å². The lowest BCUT2D eigenvalue weighted by Gasteiger charge is -2.40. The van der Waals surface area contributed by atoms with E-state index in [9.17, 15) is 24.9 Å². The van der Waals surface area contributed by atoms with Gasteiger partial charge in [0.1, 0.15) is 30.0 Å². The molecule has 1 heterocycles. The SMILES string of the molecule is CC(C)C(=O)N[C@H]1[C@H]([C@H](O)[C@H](O)CO)OC(C(=O)[O-])=C[C@@H]1N. The van der Waals surface area contributed by atoms with Crippen molar-refractivity contribution in [1.29, 1.82) is 0 Å². The number of hydrogen-bond acceptors (Lipinski definition) is 8. The molecule has 1 rings (SSSR count). The first-order chi connectivity index (χ1) is 10.2. The Bertz CT molecular complexity index is 452. The average Bonchev–Trinajstić information content (AvgIpc) is 2.46. The summed E-state index contributed by atoms with van der Waals surface area (Å²) in [6.07, 6.45) is -3.54. The normalized spacial score (nSPS) is 27.6. The van der Waals surface area contributed by atoms with Gasteiger partial charge in [-0.1, -0.05) is 13.8 Å². The highest BCUT2D eigenvalue weighted by Crippen LogP contribution is 2.21. The highest BCUT2D eigenvalue weighted by atomic mass is 16.5. The van der Waals surface area contributed by atoms with E-state index in [4.69, 9.17) is 15.6 Å². The zero-order chi connectivity index (χ0) is 17.0. The Balaban J connectivity index is 3.06. The predicted molar refractivity (Wildman–Crippen MR) is 71.8 cm³/mol. The Hall–Kier alpha value is -1.68. The van der Waals surface area contributed by atoms with Gasteiger partial charge in [0.25, 0.3) is 0 Å². The molecule has 0 fully saturated rings. The lowest BCUT2D eigenvalue weighted by atomic mass is 9.92. The standard InChI is InChI=1S/C13H22N2O7/c1-5(2)12(19)15-9-6(14)3-8(13(20)21)22-11(9)10(18)7(17)4-16/h3,5-7,9-11,16-18H,4,14H2,1-2H3,(H,15,19)(H,20,21)/p-1/t6-,7+,9+,10+,11+/m0/s1. The van der Waals surface area contributed by atoms with Crippen molar-refractivity contribution in [3.63, 3.8) is 0 Å². The molecule has 0 saturated carbocycles. The molecule has 5 atom stereocenters. The van der Waals surface area contributed by atoms with E-state index in [0.29, 0.717) is 0 Å². The zero-order valence-electron chi connectivity index (χ0n) is 12.3. The van der Waals surface area contributed by atoms with Crippen LogP contribution in [0.15, 0.2) is 11.8 Å². The summed E-state index contributed by atoms with van der Waals surface area (Å²) in [5.74, 6) is -3.00. The molecule has 1 aliphatic rings. The van der Waals surface area contributed by atoms with Gasteiger partial charge in [0, 0.05) is 5.92 Å². The van der Waals surface area contributed by atoms with E-state index in [-0.39, 0.29) is 11.8 Å². The van der Waals surface area contributed by atoms with Gasteiger partial charge in [0.15, 0.2) is 0 Å². The smallest absolute Gasteiger partial charge is 0.222 e. The van der Waals surface area contributed by atoms with Gasteiger partial charge in [0.05, 0.1) is 18.7 Å². The topological polar surface area (TPSA) is 165 Å². The van der Waals surface area contributed by atoms with Crippen LogP contribution in [0.4, 0.5) is 0 Å². The van der Waals surface area contributed by atoms with Crippen molar-refractivity contribution in [2.24, 2.45) is 11.7 Å². The van der Waals surface area contributed by atoms with Crippen molar-refractivity contribution in [2.75, 3.05) is 6.61 Å². The summed E-state index contributed by atoms with van der Waals surface area (Å²) < 4.78 is 5.08. The molecule has 0 unspecified atom stereocenters. The number of nitrogens with one attached hydrogen (secondary N) is 1. The molecule has 0 spiro atoms. The molecular formula is C13H21N2O7-. The number of aliphatic hydroxyl groups is 3. The molecule has 9 heteroatoms. The second kappa shape index (κ2) is 7.54. The van der Waals surface area contributed by atoms with Gasteiger partial charge < -0.3 is 41.0 Å². The van der Waals surface area contributed by atoms with Gasteiger partial charge in [-0.3, -0.25) is 4.79 Å². The van der Waals surface area contributed by atoms with Crippen molar-refractivity contribution in [1.82, 2.24) is 5.32 Å². The molecule has 0 aromatic carbocycles. The lowest BCUT2D eigenvalue weighted by molar-refractivity contribution is -0.305. The average molecular weight is 317 g/mol. The molecule has 0 aliphatic carbocycles. The van der Waals surface area contributed by atoms with E-state index in [1.165, 1.54) is 0 Å². The number of carbonyl (C=O) groups excluding carboxylic acids is 2. The highest BCUT2D eigenvalue weighted by Gasteiger charge is 2.41. The van der Waals surface area contributed by atoms with Crippen LogP contribution in [0, 0.1) is 5.92 Å². The Kier molecular flexibility index (Phi) is 6.30. The molecule has 0 bridgehead atoms. The van der Waals surface area contributed by atoms with E-state index in [0.717, 1.165) is 6.08 Å². The minimum atomic E-state index is -1.66. The molecule has 0 aromatic heterocycles. The third-order valence-corrected chi connectivity index (χ3v) is 3.33. The molecule has 22 heavy (non-hydrogen) atoms. The number of ether oxygens (including phenoxy) is 1. The van der Waals surface area contributed by atoms with Crippen LogP contribution in [0.1, 0.15) is 13.8 Å². The first kappa shape index (κ1) is 18.4. The van der Waals surface area contributed by atoms with E-state index >= 15 is 0 Å². The van der Waals surface area contributed by atoms with Gasteiger partial charge in [-0.2, -0.15) is 0 Å². The number of rotatable bonds is 6. The first-order valence-corrected chi connectivity index (χ1v) is 6.81. The van der Waals surface area contributed by atoms with Gasteiger partial charge in [-0.05, 0) is 6.08 Å². The van der Waals surface area contributed by atoms with Crippen LogP contribution in [0.5, 0.6) is 0 Å². The second-order valence-corrected chi connectivity index (χ2v) is 5.41. The maximum atomic E-state index is 11.8. The summed E-state index contributed by atoms with van der Waals surface area (Å²) in [5, 5.41) is 41.9. The maximum absolute atomic E-state index is 11.8. The van der Waals surface area contributed by atoms with Gasteiger partial charge in [-0.15, -0.1) is 0 Å². The number of aliphatic hydroxyl groups excluding tert-OH is 3. The summed E-state index contributed by atoms with van der Waals surface area (Å²) >= 11 is 0. The summed E-state index contributed by atoms with van der Waals surface area (Å²) in [5.41, 5.74) is 5.81. The molecule has 1 aliphatic heterocycles. The quantitative estimate of drug-likeness (QED) is 0.333. The van der Waals surface area contributed by atoms with Gasteiger partial charge in [-0.25, -0.2) is 0 Å². The maximum Gasteiger partial charge on any atom is 0.222 e. The summed E-state index contributed by atoms with van der Waals surface area (Å²) in [6.45, 7) is 2.51. The third-order valence-electron chi connectivity index (χ3n) is 3.33. The fourth-order valence-electron chi connectivity index (χ4n) is 1.99. The molecule has 126 valence electrons. The molecule has 9 nitrogen and oxygen atoms in total. The zero-order valence-corrected chi connectivity index (χ0v) is 12.3. The number of carboxylic acid groups (broad SMARTS) is 1. The van der Waals surface area contributed by atoms with E-state index in [1.54, 1.807) is 13.8 Å². The second-order valence-electron chi connectivity index (χ2n) is 5.41. The Morgan fingerprint density at radius 2 is 2.05 bits per heavy atom. The molecule has 1 amide bonds. The molecule has 0 radical (unpaired) electrons. The van der Waals surface area contributed by atoms with Crippen LogP contribution in [0.25, 0.3) is 0 Å². The van der Waals surface area contributed by atoms with Crippen molar-refractivity contribution < 1.29 is 34.8 Å². The van der Waals surface area contributed by atoms with Crippen LogP contribution >= 0.6 is 0 Å². The van der Waals surface area contributed by atoms with Crippen LogP contribution in [0.3, 0.4) is 0 Å². The largest absolute Gasteiger partial charge is 0.542 e. The van der Waals surface area contributed by atoms with Crippen LogP contribution in [0.2, 0.25) is 0 Å². The lowest BCUT2D eigenvalue weighted by Crippen LogP contribution is -2.63. The molecule has 0 saturated heterocycles.